The fourth-order valence-electron chi connectivity index (χ4n) is 3.26. The molecule has 0 bridgehead atoms. The summed E-state index contributed by atoms with van der Waals surface area (Å²) in [5.74, 6) is 1.89. The van der Waals surface area contributed by atoms with Crippen molar-refractivity contribution < 1.29 is 5.11 Å². The van der Waals surface area contributed by atoms with Crippen molar-refractivity contribution in [2.75, 3.05) is 32.7 Å². The quantitative estimate of drug-likeness (QED) is 0.623. The van der Waals surface area contributed by atoms with Crippen LogP contribution in [0.15, 0.2) is 0 Å². The summed E-state index contributed by atoms with van der Waals surface area (Å²) in [5.41, 5.74) is 5.72. The summed E-state index contributed by atoms with van der Waals surface area (Å²) in [7, 11) is 0. The van der Waals surface area contributed by atoms with Gasteiger partial charge in [0.05, 0.1) is 6.10 Å². The number of hydrogen-bond donors (Lipinski definition) is 3. The van der Waals surface area contributed by atoms with Crippen LogP contribution in [0, 0.1) is 17.8 Å². The Balaban J connectivity index is 1.82. The first-order chi connectivity index (χ1) is 9.58. The van der Waals surface area contributed by atoms with Crippen molar-refractivity contribution in [3.05, 3.63) is 0 Å². The number of hydrogen-bond acceptors (Lipinski definition) is 4. The van der Waals surface area contributed by atoms with Crippen LogP contribution in [0.3, 0.4) is 0 Å². The standard InChI is InChI=1S/C16H33N3O/c1-12(2)16(20)8-14-7-15(18-9-13-3-4-13)11-19(10-14)6-5-17/h12-16,18,20H,3-11,17H2,1-2H3. The molecule has 20 heavy (non-hydrogen) atoms. The lowest BCUT2D eigenvalue weighted by atomic mass is 9.86. The maximum absolute atomic E-state index is 10.1. The Bertz CT molecular complexity index is 281. The van der Waals surface area contributed by atoms with Crippen LogP contribution in [-0.2, 0) is 0 Å². The van der Waals surface area contributed by atoms with Crippen LogP contribution in [0.1, 0.15) is 39.5 Å². The van der Waals surface area contributed by atoms with Crippen molar-refractivity contribution in [1.29, 1.82) is 0 Å². The molecule has 1 saturated carbocycles. The highest BCUT2D eigenvalue weighted by Crippen LogP contribution is 2.29. The SMILES string of the molecule is CC(C)C(O)CC1CC(NCC2CC2)CN(CCN)C1. The molecule has 1 aliphatic carbocycles. The van der Waals surface area contributed by atoms with E-state index in [9.17, 15) is 5.11 Å². The molecule has 1 heterocycles. The highest BCUT2D eigenvalue weighted by molar-refractivity contribution is 4.87. The molecule has 4 nitrogen and oxygen atoms in total. The van der Waals surface area contributed by atoms with Gasteiger partial charge < -0.3 is 21.1 Å². The maximum Gasteiger partial charge on any atom is 0.0566 e. The van der Waals surface area contributed by atoms with Crippen LogP contribution < -0.4 is 11.1 Å². The number of nitrogens with zero attached hydrogens (tertiary/aromatic N) is 1. The molecule has 2 rings (SSSR count). The molecular weight excluding hydrogens is 250 g/mol. The van der Waals surface area contributed by atoms with E-state index < -0.39 is 0 Å². The van der Waals surface area contributed by atoms with Crippen molar-refractivity contribution in [3.63, 3.8) is 0 Å². The topological polar surface area (TPSA) is 61.5 Å². The Hall–Kier alpha value is -0.160. The zero-order chi connectivity index (χ0) is 14.5. The average Bonchev–Trinajstić information content (AvgIpc) is 3.20. The first-order valence-corrected chi connectivity index (χ1v) is 8.42. The minimum atomic E-state index is -0.165. The summed E-state index contributed by atoms with van der Waals surface area (Å²) in [6, 6.07) is 0.584. The molecule has 0 aromatic carbocycles. The first-order valence-electron chi connectivity index (χ1n) is 8.42. The van der Waals surface area contributed by atoms with Gasteiger partial charge in [-0.25, -0.2) is 0 Å². The highest BCUT2D eigenvalue weighted by atomic mass is 16.3. The van der Waals surface area contributed by atoms with E-state index >= 15 is 0 Å². The fraction of sp³-hybridized carbons (Fsp3) is 1.00. The molecule has 3 atom stereocenters. The van der Waals surface area contributed by atoms with Gasteiger partial charge in [-0.1, -0.05) is 13.8 Å². The molecule has 4 N–H and O–H groups in total. The molecule has 0 aromatic heterocycles. The molecule has 118 valence electrons. The van der Waals surface area contributed by atoms with E-state index in [-0.39, 0.29) is 6.10 Å². The Morgan fingerprint density at radius 1 is 1.25 bits per heavy atom. The predicted octanol–water partition coefficient (Wildman–Crippen LogP) is 1.04. The lowest BCUT2D eigenvalue weighted by Gasteiger charge is -2.39. The average molecular weight is 283 g/mol. The normalized spacial score (nSPS) is 29.9. The third-order valence-electron chi connectivity index (χ3n) is 4.79. The number of aliphatic hydroxyl groups excluding tert-OH is 1. The molecule has 0 spiro atoms. The number of likely N-dealkylation sites (tertiary alicyclic amines) is 1. The van der Waals surface area contributed by atoms with E-state index in [1.54, 1.807) is 0 Å². The molecular formula is C16H33N3O. The Morgan fingerprint density at radius 2 is 2.00 bits per heavy atom. The first kappa shape index (κ1) is 16.2. The van der Waals surface area contributed by atoms with Gasteiger partial charge in [0.15, 0.2) is 0 Å². The molecule has 1 aliphatic heterocycles. The summed E-state index contributed by atoms with van der Waals surface area (Å²) in [5, 5.41) is 13.9. The summed E-state index contributed by atoms with van der Waals surface area (Å²) < 4.78 is 0. The van der Waals surface area contributed by atoms with Gasteiger partial charge in [-0.15, -0.1) is 0 Å². The molecule has 4 heteroatoms. The zero-order valence-electron chi connectivity index (χ0n) is 13.2. The predicted molar refractivity (Wildman–Crippen MR) is 83.6 cm³/mol. The molecule has 0 aromatic rings. The third kappa shape index (κ3) is 5.32. The van der Waals surface area contributed by atoms with Crippen molar-refractivity contribution >= 4 is 0 Å². The molecule has 2 fully saturated rings. The molecule has 0 radical (unpaired) electrons. The van der Waals surface area contributed by atoms with Gasteiger partial charge in [0, 0.05) is 32.2 Å². The van der Waals surface area contributed by atoms with Crippen LogP contribution in [0.5, 0.6) is 0 Å². The van der Waals surface area contributed by atoms with Crippen molar-refractivity contribution in [1.82, 2.24) is 10.2 Å². The summed E-state index contributed by atoms with van der Waals surface area (Å²) in [4.78, 5) is 2.48. The van der Waals surface area contributed by atoms with Crippen LogP contribution in [0.4, 0.5) is 0 Å². The van der Waals surface area contributed by atoms with E-state index in [4.69, 9.17) is 5.73 Å². The monoisotopic (exact) mass is 283 g/mol. The lowest BCUT2D eigenvalue weighted by Crippen LogP contribution is -2.51. The van der Waals surface area contributed by atoms with Gasteiger partial charge in [-0.05, 0) is 50.0 Å². The Morgan fingerprint density at radius 3 is 2.60 bits per heavy atom. The largest absolute Gasteiger partial charge is 0.393 e. The summed E-state index contributed by atoms with van der Waals surface area (Å²) >= 11 is 0. The van der Waals surface area contributed by atoms with E-state index in [0.717, 1.165) is 38.5 Å². The number of rotatable bonds is 8. The second kappa shape index (κ2) is 7.74. The number of nitrogens with one attached hydrogen (secondary N) is 1. The lowest BCUT2D eigenvalue weighted by molar-refractivity contribution is 0.0624. The second-order valence-electron chi connectivity index (χ2n) is 7.25. The smallest absolute Gasteiger partial charge is 0.0566 e. The van der Waals surface area contributed by atoms with Crippen molar-refractivity contribution in [2.24, 2.45) is 23.5 Å². The van der Waals surface area contributed by atoms with Crippen molar-refractivity contribution in [3.8, 4) is 0 Å². The van der Waals surface area contributed by atoms with Gasteiger partial charge in [-0.3, -0.25) is 0 Å². The highest BCUT2D eigenvalue weighted by Gasteiger charge is 2.30. The molecule has 2 aliphatic rings. The molecule has 0 amide bonds. The Kier molecular flexibility index (Phi) is 6.27. The minimum Gasteiger partial charge on any atom is -0.393 e. The van der Waals surface area contributed by atoms with Gasteiger partial charge >= 0.3 is 0 Å². The van der Waals surface area contributed by atoms with Gasteiger partial charge in [0.2, 0.25) is 0 Å². The number of aliphatic hydroxyl groups is 1. The summed E-state index contributed by atoms with van der Waals surface area (Å²) in [6.07, 6.45) is 4.78. The fourth-order valence-corrected chi connectivity index (χ4v) is 3.26. The van der Waals surface area contributed by atoms with Crippen LogP contribution in [0.25, 0.3) is 0 Å². The molecule has 3 unspecified atom stereocenters. The van der Waals surface area contributed by atoms with Gasteiger partial charge in [-0.2, -0.15) is 0 Å². The van der Waals surface area contributed by atoms with E-state index in [1.807, 2.05) is 0 Å². The third-order valence-corrected chi connectivity index (χ3v) is 4.79. The number of nitrogens with two attached hydrogens (primary N) is 1. The van der Waals surface area contributed by atoms with Crippen LogP contribution >= 0.6 is 0 Å². The van der Waals surface area contributed by atoms with E-state index in [0.29, 0.717) is 17.9 Å². The van der Waals surface area contributed by atoms with E-state index in [2.05, 4.69) is 24.1 Å². The van der Waals surface area contributed by atoms with Gasteiger partial charge in [0.1, 0.15) is 0 Å². The second-order valence-corrected chi connectivity index (χ2v) is 7.25. The number of piperidine rings is 1. The zero-order valence-corrected chi connectivity index (χ0v) is 13.2. The Labute approximate surface area is 124 Å². The van der Waals surface area contributed by atoms with E-state index in [1.165, 1.54) is 25.8 Å². The maximum atomic E-state index is 10.1. The van der Waals surface area contributed by atoms with Crippen LogP contribution in [-0.4, -0.2) is 54.9 Å². The minimum absolute atomic E-state index is 0.165. The molecule has 1 saturated heterocycles. The summed E-state index contributed by atoms with van der Waals surface area (Å²) in [6.45, 7) is 9.33. The van der Waals surface area contributed by atoms with Crippen molar-refractivity contribution in [2.45, 2.75) is 51.7 Å². The van der Waals surface area contributed by atoms with Gasteiger partial charge in [0.25, 0.3) is 0 Å². The van der Waals surface area contributed by atoms with Crippen LogP contribution in [0.2, 0.25) is 0 Å².